The van der Waals surface area contributed by atoms with Gasteiger partial charge in [-0.1, -0.05) is 11.3 Å². The van der Waals surface area contributed by atoms with Crippen molar-refractivity contribution < 1.29 is 23.8 Å². The van der Waals surface area contributed by atoms with E-state index in [4.69, 9.17) is 14.2 Å². The minimum atomic E-state index is -0.625. The fraction of sp³-hybridized carbons (Fsp3) is 0.312. The summed E-state index contributed by atoms with van der Waals surface area (Å²) in [5.74, 6) is -0.0884. The first-order valence-corrected chi connectivity index (χ1v) is 9.12. The molecule has 9 heteroatoms. The molecule has 0 saturated heterocycles. The highest BCUT2D eigenvalue weighted by Crippen LogP contribution is 2.29. The first-order chi connectivity index (χ1) is 12.0. The Morgan fingerprint density at radius 3 is 2.56 bits per heavy atom. The van der Waals surface area contributed by atoms with Gasteiger partial charge in [0.05, 0.1) is 28.8 Å². The highest BCUT2D eigenvalue weighted by molar-refractivity contribution is 9.11. The van der Waals surface area contributed by atoms with Crippen LogP contribution in [0.2, 0.25) is 0 Å². The number of rotatable bonds is 8. The zero-order valence-electron chi connectivity index (χ0n) is 13.7. The number of nitrogens with one attached hydrogen (secondary N) is 1. The van der Waals surface area contributed by atoms with Gasteiger partial charge in [0.1, 0.15) is 0 Å². The Labute approximate surface area is 157 Å². The molecule has 1 N–H and O–H groups in total. The van der Waals surface area contributed by atoms with E-state index in [1.54, 1.807) is 18.3 Å². The third-order valence-corrected chi connectivity index (χ3v) is 4.23. The molecule has 25 heavy (non-hydrogen) atoms. The highest BCUT2D eigenvalue weighted by atomic mass is 79.9. The maximum atomic E-state index is 12.1. The first kappa shape index (κ1) is 19.2. The SMILES string of the molecule is CCOc1ccc(C(=O)OCC(=O)Nc2ncc(Br)s2)cc1OCC. The topological polar surface area (TPSA) is 86.8 Å². The number of anilines is 1. The molecule has 134 valence electrons. The van der Waals surface area contributed by atoms with Gasteiger partial charge < -0.3 is 14.2 Å². The molecule has 0 spiro atoms. The second-order valence-electron chi connectivity index (χ2n) is 4.62. The summed E-state index contributed by atoms with van der Waals surface area (Å²) in [7, 11) is 0. The lowest BCUT2D eigenvalue weighted by molar-refractivity contribution is -0.119. The Balaban J connectivity index is 1.95. The van der Waals surface area contributed by atoms with Crippen LogP contribution in [-0.2, 0) is 9.53 Å². The Morgan fingerprint density at radius 2 is 1.92 bits per heavy atom. The van der Waals surface area contributed by atoms with Crippen LogP contribution >= 0.6 is 27.3 Å². The van der Waals surface area contributed by atoms with E-state index >= 15 is 0 Å². The fourth-order valence-electron chi connectivity index (χ4n) is 1.86. The summed E-state index contributed by atoms with van der Waals surface area (Å²) >= 11 is 4.51. The molecule has 0 aliphatic carbocycles. The third-order valence-electron chi connectivity index (χ3n) is 2.84. The van der Waals surface area contributed by atoms with Crippen LogP contribution < -0.4 is 14.8 Å². The molecule has 7 nitrogen and oxygen atoms in total. The average molecular weight is 429 g/mol. The number of amides is 1. The van der Waals surface area contributed by atoms with Crippen molar-refractivity contribution in [3.05, 3.63) is 33.7 Å². The average Bonchev–Trinajstić information content (AvgIpc) is 2.99. The van der Waals surface area contributed by atoms with Crippen molar-refractivity contribution in [1.82, 2.24) is 4.98 Å². The summed E-state index contributed by atoms with van der Waals surface area (Å²) in [6.07, 6.45) is 1.57. The molecule has 0 bridgehead atoms. The molecule has 0 aliphatic rings. The van der Waals surface area contributed by atoms with Gasteiger partial charge in [-0.15, -0.1) is 0 Å². The molecule has 2 aromatic rings. The highest BCUT2D eigenvalue weighted by Gasteiger charge is 2.15. The maximum Gasteiger partial charge on any atom is 0.338 e. The van der Waals surface area contributed by atoms with E-state index in [0.29, 0.717) is 29.8 Å². The number of hydrogen-bond acceptors (Lipinski definition) is 7. The van der Waals surface area contributed by atoms with Gasteiger partial charge in [0, 0.05) is 0 Å². The Kier molecular flexibility index (Phi) is 7.20. The fourth-order valence-corrected chi connectivity index (χ4v) is 2.98. The second kappa shape index (κ2) is 9.38. The largest absolute Gasteiger partial charge is 0.490 e. The number of carbonyl (C=O) groups excluding carboxylic acids is 2. The van der Waals surface area contributed by atoms with Crippen molar-refractivity contribution in [2.45, 2.75) is 13.8 Å². The molecule has 0 radical (unpaired) electrons. The van der Waals surface area contributed by atoms with E-state index in [2.05, 4.69) is 26.2 Å². The molecule has 1 aromatic carbocycles. The van der Waals surface area contributed by atoms with Crippen molar-refractivity contribution >= 4 is 44.3 Å². The van der Waals surface area contributed by atoms with E-state index in [9.17, 15) is 9.59 Å². The minimum absolute atomic E-state index is 0.275. The summed E-state index contributed by atoms with van der Waals surface area (Å²) in [4.78, 5) is 27.9. The Morgan fingerprint density at radius 1 is 1.20 bits per heavy atom. The molecule has 0 fully saturated rings. The predicted octanol–water partition coefficient (Wildman–Crippen LogP) is 3.50. The third kappa shape index (κ3) is 5.71. The van der Waals surface area contributed by atoms with Crippen LogP contribution in [0.3, 0.4) is 0 Å². The molecule has 0 aliphatic heterocycles. The summed E-state index contributed by atoms with van der Waals surface area (Å²) in [6.45, 7) is 4.20. The Bertz CT molecular complexity index is 750. The minimum Gasteiger partial charge on any atom is -0.490 e. The van der Waals surface area contributed by atoms with Gasteiger partial charge in [-0.25, -0.2) is 9.78 Å². The number of carbonyl (C=O) groups is 2. The molecular formula is C16H17BrN2O5S. The summed E-state index contributed by atoms with van der Waals surface area (Å²) in [6, 6.07) is 4.73. The number of thiazole rings is 1. The number of hydrogen-bond donors (Lipinski definition) is 1. The van der Waals surface area contributed by atoms with Gasteiger partial charge in [0.2, 0.25) is 0 Å². The number of halogens is 1. The molecule has 1 heterocycles. The van der Waals surface area contributed by atoms with Crippen LogP contribution in [0.4, 0.5) is 5.13 Å². The van der Waals surface area contributed by atoms with E-state index < -0.39 is 18.5 Å². The standard InChI is InChI=1S/C16H17BrN2O5S/c1-3-22-11-6-5-10(7-12(11)23-4-2)15(21)24-9-14(20)19-16-18-8-13(17)25-16/h5-8H,3-4,9H2,1-2H3,(H,18,19,20). The van der Waals surface area contributed by atoms with Crippen LogP contribution in [0.25, 0.3) is 0 Å². The molecule has 0 unspecified atom stereocenters. The maximum absolute atomic E-state index is 12.1. The quantitative estimate of drug-likeness (QED) is 0.647. The van der Waals surface area contributed by atoms with Gasteiger partial charge in [-0.3, -0.25) is 10.1 Å². The number of esters is 1. The van der Waals surface area contributed by atoms with Gasteiger partial charge in [-0.2, -0.15) is 0 Å². The summed E-state index contributed by atoms with van der Waals surface area (Å²) in [5.41, 5.74) is 0.275. The van der Waals surface area contributed by atoms with Crippen molar-refractivity contribution in [2.75, 3.05) is 25.1 Å². The van der Waals surface area contributed by atoms with Gasteiger partial charge in [0.25, 0.3) is 5.91 Å². The van der Waals surface area contributed by atoms with Crippen molar-refractivity contribution in [3.63, 3.8) is 0 Å². The van der Waals surface area contributed by atoms with Gasteiger partial charge in [-0.05, 0) is 48.0 Å². The zero-order valence-corrected chi connectivity index (χ0v) is 16.1. The molecule has 0 atom stereocenters. The summed E-state index contributed by atoms with van der Waals surface area (Å²) in [5, 5.41) is 2.97. The summed E-state index contributed by atoms with van der Waals surface area (Å²) < 4.78 is 16.7. The first-order valence-electron chi connectivity index (χ1n) is 7.51. The van der Waals surface area contributed by atoms with Crippen molar-refractivity contribution in [3.8, 4) is 11.5 Å². The zero-order chi connectivity index (χ0) is 18.2. The lowest BCUT2D eigenvalue weighted by Gasteiger charge is -2.12. The van der Waals surface area contributed by atoms with Crippen LogP contribution in [0.15, 0.2) is 28.2 Å². The smallest absolute Gasteiger partial charge is 0.338 e. The molecular weight excluding hydrogens is 412 g/mol. The number of ether oxygens (including phenoxy) is 3. The number of nitrogens with zero attached hydrogens (tertiary/aromatic N) is 1. The van der Waals surface area contributed by atoms with Crippen molar-refractivity contribution in [1.29, 1.82) is 0 Å². The number of aromatic nitrogens is 1. The predicted molar refractivity (Wildman–Crippen MR) is 97.5 cm³/mol. The van der Waals surface area contributed by atoms with Crippen LogP contribution in [0.1, 0.15) is 24.2 Å². The normalized spacial score (nSPS) is 10.2. The van der Waals surface area contributed by atoms with E-state index in [0.717, 1.165) is 3.79 Å². The van der Waals surface area contributed by atoms with Gasteiger partial charge >= 0.3 is 5.97 Å². The van der Waals surface area contributed by atoms with E-state index in [-0.39, 0.29) is 5.56 Å². The van der Waals surface area contributed by atoms with Crippen LogP contribution in [0.5, 0.6) is 11.5 Å². The molecule has 2 rings (SSSR count). The second-order valence-corrected chi connectivity index (χ2v) is 7.03. The Hall–Kier alpha value is -2.13. The lowest BCUT2D eigenvalue weighted by Crippen LogP contribution is -2.20. The number of benzene rings is 1. The lowest BCUT2D eigenvalue weighted by atomic mass is 10.2. The molecule has 0 saturated carbocycles. The monoisotopic (exact) mass is 428 g/mol. The van der Waals surface area contributed by atoms with E-state index in [1.807, 2.05) is 13.8 Å². The van der Waals surface area contributed by atoms with Gasteiger partial charge in [0.15, 0.2) is 23.2 Å². The molecule has 1 amide bonds. The van der Waals surface area contributed by atoms with Crippen molar-refractivity contribution in [2.24, 2.45) is 0 Å². The molecule has 1 aromatic heterocycles. The van der Waals surface area contributed by atoms with E-state index in [1.165, 1.54) is 17.4 Å². The van der Waals surface area contributed by atoms with Crippen LogP contribution in [-0.4, -0.2) is 36.7 Å². The van der Waals surface area contributed by atoms with Crippen LogP contribution in [0, 0.1) is 0 Å².